The first-order valence-corrected chi connectivity index (χ1v) is 6.75. The molecule has 0 fully saturated rings. The van der Waals surface area contributed by atoms with Crippen LogP contribution >= 0.6 is 0 Å². The Morgan fingerprint density at radius 1 is 1.10 bits per heavy atom. The van der Waals surface area contributed by atoms with Gasteiger partial charge in [-0.15, -0.1) is 5.10 Å². The molecule has 5 nitrogen and oxygen atoms in total. The molecule has 0 amide bonds. The molecule has 5 heteroatoms. The van der Waals surface area contributed by atoms with Crippen molar-refractivity contribution in [2.75, 3.05) is 5.32 Å². The lowest BCUT2D eigenvalue weighted by Crippen LogP contribution is -2.35. The lowest BCUT2D eigenvalue weighted by molar-refractivity contribution is 0.384. The molecule has 1 aromatic carbocycles. The smallest absolute Gasteiger partial charge is 0.320 e. The maximum atomic E-state index is 5.56. The number of aromatic nitrogens is 2. The molecule has 0 atom stereocenters. The lowest BCUT2D eigenvalue weighted by atomic mass is 10.1. The van der Waals surface area contributed by atoms with E-state index in [9.17, 15) is 0 Å². The minimum atomic E-state index is 0.0239. The van der Waals surface area contributed by atoms with Crippen molar-refractivity contribution in [2.24, 2.45) is 0 Å². The molecule has 1 aromatic heterocycles. The van der Waals surface area contributed by atoms with Crippen molar-refractivity contribution in [2.45, 2.75) is 46.7 Å². The van der Waals surface area contributed by atoms with Gasteiger partial charge in [0.1, 0.15) is 0 Å². The van der Waals surface area contributed by atoms with Crippen molar-refractivity contribution in [3.05, 3.63) is 35.2 Å². The minimum absolute atomic E-state index is 0.0239. The Balaban J connectivity index is 2.00. The monoisotopic (exact) mass is 274 g/mol. The highest BCUT2D eigenvalue weighted by Crippen LogP contribution is 2.18. The molecule has 0 unspecified atom stereocenters. The van der Waals surface area contributed by atoms with E-state index in [-0.39, 0.29) is 5.54 Å². The van der Waals surface area contributed by atoms with Crippen LogP contribution in [0.15, 0.2) is 22.6 Å². The molecule has 0 saturated heterocycles. The van der Waals surface area contributed by atoms with E-state index in [2.05, 4.69) is 67.6 Å². The summed E-state index contributed by atoms with van der Waals surface area (Å²) >= 11 is 0. The summed E-state index contributed by atoms with van der Waals surface area (Å²) in [6, 6.07) is 6.54. The van der Waals surface area contributed by atoms with Crippen LogP contribution in [0.3, 0.4) is 0 Å². The van der Waals surface area contributed by atoms with Crippen LogP contribution in [0.1, 0.15) is 37.8 Å². The molecule has 0 aliphatic heterocycles. The maximum absolute atomic E-state index is 5.56. The standard InChI is InChI=1S/C15H22N4O/c1-10-6-7-12(8-11(10)2)17-14-19-18-13(20-14)9-16-15(3,4)5/h6-8,16H,9H2,1-5H3,(H,17,19). The van der Waals surface area contributed by atoms with Gasteiger partial charge in [0.05, 0.1) is 6.54 Å². The predicted molar refractivity (Wildman–Crippen MR) is 80.1 cm³/mol. The van der Waals surface area contributed by atoms with Crippen molar-refractivity contribution < 1.29 is 4.42 Å². The summed E-state index contributed by atoms with van der Waals surface area (Å²) in [5.74, 6) is 0.575. The Hall–Kier alpha value is -1.88. The molecule has 108 valence electrons. The largest absolute Gasteiger partial charge is 0.406 e. The number of aryl methyl sites for hydroxylation is 2. The van der Waals surface area contributed by atoms with Gasteiger partial charge in [-0.05, 0) is 57.9 Å². The van der Waals surface area contributed by atoms with Crippen molar-refractivity contribution in [3.8, 4) is 0 Å². The average molecular weight is 274 g/mol. The fraction of sp³-hybridized carbons (Fsp3) is 0.467. The van der Waals surface area contributed by atoms with Crippen LogP contribution in [0.25, 0.3) is 0 Å². The van der Waals surface area contributed by atoms with Crippen LogP contribution in [0.2, 0.25) is 0 Å². The Labute approximate surface area is 119 Å². The predicted octanol–water partition coefficient (Wildman–Crippen LogP) is 3.32. The third-order valence-corrected chi connectivity index (χ3v) is 2.99. The molecule has 0 bridgehead atoms. The topological polar surface area (TPSA) is 63.0 Å². The number of anilines is 2. The van der Waals surface area contributed by atoms with E-state index < -0.39 is 0 Å². The second-order valence-corrected chi connectivity index (χ2v) is 6.03. The van der Waals surface area contributed by atoms with Crippen LogP contribution in [-0.2, 0) is 6.54 Å². The molecular weight excluding hydrogens is 252 g/mol. The van der Waals surface area contributed by atoms with Gasteiger partial charge in [0.25, 0.3) is 0 Å². The van der Waals surface area contributed by atoms with Gasteiger partial charge < -0.3 is 15.1 Å². The van der Waals surface area contributed by atoms with E-state index in [4.69, 9.17) is 4.42 Å². The molecule has 0 aliphatic carbocycles. The van der Waals surface area contributed by atoms with Crippen LogP contribution in [-0.4, -0.2) is 15.7 Å². The number of nitrogens with zero attached hydrogens (tertiary/aromatic N) is 2. The first kappa shape index (κ1) is 14.5. The zero-order valence-corrected chi connectivity index (χ0v) is 12.7. The normalized spacial score (nSPS) is 11.7. The Bertz CT molecular complexity index is 584. The summed E-state index contributed by atoms with van der Waals surface area (Å²) in [6.07, 6.45) is 0. The van der Waals surface area contributed by atoms with Gasteiger partial charge in [-0.25, -0.2) is 0 Å². The maximum Gasteiger partial charge on any atom is 0.320 e. The second kappa shape index (κ2) is 5.63. The summed E-state index contributed by atoms with van der Waals surface area (Å²) in [4.78, 5) is 0. The first-order chi connectivity index (χ1) is 9.33. The summed E-state index contributed by atoms with van der Waals surface area (Å²) in [5, 5.41) is 14.4. The van der Waals surface area contributed by atoms with Gasteiger partial charge in [-0.3, -0.25) is 0 Å². The van der Waals surface area contributed by atoms with E-state index >= 15 is 0 Å². The number of benzene rings is 1. The van der Waals surface area contributed by atoms with Gasteiger partial charge in [-0.1, -0.05) is 11.2 Å². The van der Waals surface area contributed by atoms with E-state index in [1.165, 1.54) is 11.1 Å². The summed E-state index contributed by atoms with van der Waals surface area (Å²) in [6.45, 7) is 11.0. The quantitative estimate of drug-likeness (QED) is 0.895. The zero-order valence-electron chi connectivity index (χ0n) is 12.7. The van der Waals surface area contributed by atoms with Crippen molar-refractivity contribution in [1.82, 2.24) is 15.5 Å². The van der Waals surface area contributed by atoms with Gasteiger partial charge in [0.2, 0.25) is 5.89 Å². The van der Waals surface area contributed by atoms with Crippen LogP contribution in [0.4, 0.5) is 11.7 Å². The van der Waals surface area contributed by atoms with Gasteiger partial charge in [0.15, 0.2) is 0 Å². The molecule has 0 saturated carbocycles. The van der Waals surface area contributed by atoms with Crippen molar-refractivity contribution >= 4 is 11.7 Å². The number of hydrogen-bond acceptors (Lipinski definition) is 5. The average Bonchev–Trinajstić information content (AvgIpc) is 2.78. The number of rotatable bonds is 4. The molecule has 2 N–H and O–H groups in total. The molecule has 2 rings (SSSR count). The Morgan fingerprint density at radius 3 is 2.50 bits per heavy atom. The fourth-order valence-electron chi connectivity index (χ4n) is 1.66. The number of hydrogen-bond donors (Lipinski definition) is 2. The molecule has 2 aromatic rings. The molecule has 0 spiro atoms. The Kier molecular flexibility index (Phi) is 4.09. The van der Waals surface area contributed by atoms with Gasteiger partial charge in [0, 0.05) is 11.2 Å². The minimum Gasteiger partial charge on any atom is -0.406 e. The third kappa shape index (κ3) is 4.06. The molecule has 0 aliphatic rings. The van der Waals surface area contributed by atoms with E-state index in [1.54, 1.807) is 0 Å². The van der Waals surface area contributed by atoms with E-state index in [0.29, 0.717) is 18.5 Å². The molecular formula is C15H22N4O. The fourth-order valence-corrected chi connectivity index (χ4v) is 1.66. The van der Waals surface area contributed by atoms with Crippen molar-refractivity contribution in [3.63, 3.8) is 0 Å². The number of nitrogens with one attached hydrogen (secondary N) is 2. The van der Waals surface area contributed by atoms with Gasteiger partial charge >= 0.3 is 6.01 Å². The zero-order chi connectivity index (χ0) is 14.8. The summed E-state index contributed by atoms with van der Waals surface area (Å²) < 4.78 is 5.56. The van der Waals surface area contributed by atoms with Crippen molar-refractivity contribution in [1.29, 1.82) is 0 Å². The third-order valence-electron chi connectivity index (χ3n) is 2.99. The highest BCUT2D eigenvalue weighted by Gasteiger charge is 2.12. The lowest BCUT2D eigenvalue weighted by Gasteiger charge is -2.18. The second-order valence-electron chi connectivity index (χ2n) is 6.03. The van der Waals surface area contributed by atoms with Crippen LogP contribution < -0.4 is 10.6 Å². The SMILES string of the molecule is Cc1ccc(Nc2nnc(CNC(C)(C)C)o2)cc1C. The van der Waals surface area contributed by atoms with Crippen LogP contribution in [0, 0.1) is 13.8 Å². The highest BCUT2D eigenvalue weighted by atomic mass is 16.4. The molecule has 20 heavy (non-hydrogen) atoms. The van der Waals surface area contributed by atoms with E-state index in [0.717, 1.165) is 5.69 Å². The summed E-state index contributed by atoms with van der Waals surface area (Å²) in [5.41, 5.74) is 3.46. The van der Waals surface area contributed by atoms with E-state index in [1.807, 2.05) is 6.07 Å². The van der Waals surface area contributed by atoms with Gasteiger partial charge in [-0.2, -0.15) is 0 Å². The molecule has 1 heterocycles. The van der Waals surface area contributed by atoms with Crippen LogP contribution in [0.5, 0.6) is 0 Å². The first-order valence-electron chi connectivity index (χ1n) is 6.75. The highest BCUT2D eigenvalue weighted by molar-refractivity contribution is 5.54. The Morgan fingerprint density at radius 2 is 1.85 bits per heavy atom. The molecule has 0 radical (unpaired) electrons. The summed E-state index contributed by atoms with van der Waals surface area (Å²) in [7, 11) is 0.